The van der Waals surface area contributed by atoms with Crippen LogP contribution in [0, 0.1) is 0 Å². The molecule has 8 nitrogen and oxygen atoms in total. The molecule has 8 heteroatoms. The highest BCUT2D eigenvalue weighted by Gasteiger charge is 2.53. The molecule has 1 saturated carbocycles. The van der Waals surface area contributed by atoms with E-state index >= 15 is 0 Å². The smallest absolute Gasteiger partial charge is 0.338 e. The molecule has 156 valence electrons. The molecule has 2 N–H and O–H groups in total. The minimum absolute atomic E-state index is 0.142. The van der Waals surface area contributed by atoms with Crippen LogP contribution in [-0.4, -0.2) is 31.2 Å². The van der Waals surface area contributed by atoms with Gasteiger partial charge in [-0.1, -0.05) is 30.3 Å². The third kappa shape index (κ3) is 3.68. The summed E-state index contributed by atoms with van der Waals surface area (Å²) in [6, 6.07) is 11.4. The number of benzene rings is 1. The summed E-state index contributed by atoms with van der Waals surface area (Å²) in [5.41, 5.74) is 0.556. The van der Waals surface area contributed by atoms with Crippen molar-refractivity contribution in [1.82, 2.24) is 10.6 Å². The van der Waals surface area contributed by atoms with E-state index in [1.807, 2.05) is 30.3 Å². The molecule has 0 radical (unpaired) electrons. The highest BCUT2D eigenvalue weighted by atomic mass is 16.5. The van der Waals surface area contributed by atoms with Crippen molar-refractivity contribution in [2.75, 3.05) is 13.2 Å². The second kappa shape index (κ2) is 8.06. The number of urea groups is 1. The van der Waals surface area contributed by atoms with Crippen molar-refractivity contribution >= 4 is 18.0 Å². The molecule has 1 atom stereocenters. The van der Waals surface area contributed by atoms with Crippen LogP contribution < -0.4 is 10.6 Å². The molecule has 0 spiro atoms. The van der Waals surface area contributed by atoms with Gasteiger partial charge in [-0.25, -0.2) is 9.59 Å². The largest absolute Gasteiger partial charge is 0.467 e. The summed E-state index contributed by atoms with van der Waals surface area (Å²) >= 11 is 0. The summed E-state index contributed by atoms with van der Waals surface area (Å²) in [7, 11) is 0. The first-order valence-corrected chi connectivity index (χ1v) is 9.79. The monoisotopic (exact) mass is 410 g/mol. The number of hydrogen-bond acceptors (Lipinski definition) is 6. The Labute approximate surface area is 173 Å². The highest BCUT2D eigenvalue weighted by Crippen LogP contribution is 2.49. The summed E-state index contributed by atoms with van der Waals surface area (Å²) in [6.07, 6.45) is 2.84. The fraction of sp³-hybridized carbons (Fsp3) is 0.318. The van der Waals surface area contributed by atoms with Gasteiger partial charge in [0.2, 0.25) is 0 Å². The fourth-order valence-corrected chi connectivity index (χ4v) is 3.62. The predicted octanol–water partition coefficient (Wildman–Crippen LogP) is 2.73. The molecule has 0 bridgehead atoms. The van der Waals surface area contributed by atoms with Gasteiger partial charge in [-0.05, 0) is 37.5 Å². The number of carbonyl (C=O) groups excluding carboxylic acids is 3. The first-order chi connectivity index (χ1) is 14.5. The number of furan rings is 1. The molecule has 1 aliphatic carbocycles. The van der Waals surface area contributed by atoms with Crippen LogP contribution in [0.1, 0.15) is 37.1 Å². The minimum Gasteiger partial charge on any atom is -0.467 e. The zero-order valence-corrected chi connectivity index (χ0v) is 16.5. The van der Waals surface area contributed by atoms with Gasteiger partial charge in [0.05, 0.1) is 29.6 Å². The Balaban J connectivity index is 1.59. The maximum atomic E-state index is 12.9. The van der Waals surface area contributed by atoms with Gasteiger partial charge in [-0.2, -0.15) is 0 Å². The van der Waals surface area contributed by atoms with Gasteiger partial charge >= 0.3 is 18.0 Å². The van der Waals surface area contributed by atoms with Gasteiger partial charge < -0.3 is 24.5 Å². The number of rotatable bonds is 7. The van der Waals surface area contributed by atoms with E-state index < -0.39 is 23.5 Å². The fourth-order valence-electron chi connectivity index (χ4n) is 3.62. The number of hydrogen-bond donors (Lipinski definition) is 2. The summed E-state index contributed by atoms with van der Waals surface area (Å²) < 4.78 is 16.1. The maximum Gasteiger partial charge on any atom is 0.338 e. The van der Waals surface area contributed by atoms with Crippen molar-refractivity contribution < 1.29 is 28.3 Å². The molecule has 2 amide bonds. The summed E-state index contributed by atoms with van der Waals surface area (Å²) in [6.45, 7) is 1.59. The van der Waals surface area contributed by atoms with Crippen LogP contribution in [0.25, 0.3) is 0 Å². The molecular weight excluding hydrogens is 388 g/mol. The quantitative estimate of drug-likeness (QED) is 0.680. The molecular formula is C22H22N2O6. The van der Waals surface area contributed by atoms with Crippen molar-refractivity contribution in [3.8, 4) is 0 Å². The SMILES string of the molecule is CCOC(=O)C1=C(COC(=O)C2(c3ccccc3)CC2)NC(=O)N[C@@H]1c1ccco1. The Morgan fingerprint density at radius 1 is 1.13 bits per heavy atom. The van der Waals surface area contributed by atoms with Crippen LogP contribution in [0.2, 0.25) is 0 Å². The summed E-state index contributed by atoms with van der Waals surface area (Å²) in [5, 5.41) is 5.23. The Morgan fingerprint density at radius 3 is 2.53 bits per heavy atom. The Morgan fingerprint density at radius 2 is 1.90 bits per heavy atom. The van der Waals surface area contributed by atoms with Gasteiger partial charge in [0.25, 0.3) is 0 Å². The molecule has 4 rings (SSSR count). The van der Waals surface area contributed by atoms with E-state index in [-0.39, 0.29) is 30.5 Å². The third-order valence-electron chi connectivity index (χ3n) is 5.29. The number of esters is 2. The van der Waals surface area contributed by atoms with Crippen LogP contribution in [0.3, 0.4) is 0 Å². The average molecular weight is 410 g/mol. The number of amides is 2. The number of carbonyl (C=O) groups is 3. The van der Waals surface area contributed by atoms with Crippen molar-refractivity contribution in [2.24, 2.45) is 0 Å². The Kier molecular flexibility index (Phi) is 5.31. The standard InChI is InChI=1S/C22H22N2O6/c1-2-28-19(25)17-15(23-21(27)24-18(17)16-9-6-12-29-16)13-30-20(26)22(10-11-22)14-7-4-3-5-8-14/h3-9,12,18H,2,10-11,13H2,1H3,(H2,23,24,27)/t18-/m1/s1. The highest BCUT2D eigenvalue weighted by molar-refractivity contribution is 5.95. The van der Waals surface area contributed by atoms with E-state index in [1.165, 1.54) is 6.26 Å². The van der Waals surface area contributed by atoms with Crippen LogP contribution >= 0.6 is 0 Å². The molecule has 2 aromatic rings. The van der Waals surface area contributed by atoms with Crippen LogP contribution in [0.5, 0.6) is 0 Å². The van der Waals surface area contributed by atoms with E-state index in [2.05, 4.69) is 10.6 Å². The first-order valence-electron chi connectivity index (χ1n) is 9.79. The molecule has 1 fully saturated rings. The van der Waals surface area contributed by atoms with Crippen LogP contribution in [-0.2, 0) is 24.5 Å². The second-order valence-corrected chi connectivity index (χ2v) is 7.18. The second-order valence-electron chi connectivity index (χ2n) is 7.18. The maximum absolute atomic E-state index is 12.9. The van der Waals surface area contributed by atoms with Crippen LogP contribution in [0.4, 0.5) is 4.79 Å². The molecule has 30 heavy (non-hydrogen) atoms. The third-order valence-corrected chi connectivity index (χ3v) is 5.29. The first kappa shape index (κ1) is 19.8. The van der Waals surface area contributed by atoms with Crippen molar-refractivity contribution in [3.63, 3.8) is 0 Å². The molecule has 2 heterocycles. The molecule has 1 aromatic carbocycles. The van der Waals surface area contributed by atoms with E-state index in [1.54, 1.807) is 19.1 Å². The van der Waals surface area contributed by atoms with Crippen molar-refractivity contribution in [3.05, 3.63) is 71.3 Å². The molecule has 2 aliphatic rings. The predicted molar refractivity (Wildman–Crippen MR) is 105 cm³/mol. The normalized spacial score (nSPS) is 19.5. The topological polar surface area (TPSA) is 107 Å². The lowest BCUT2D eigenvalue weighted by Gasteiger charge is -2.28. The number of nitrogens with one attached hydrogen (secondary N) is 2. The van der Waals surface area contributed by atoms with Gasteiger partial charge in [-0.15, -0.1) is 0 Å². The lowest BCUT2D eigenvalue weighted by atomic mass is 9.96. The molecule has 1 aromatic heterocycles. The van der Waals surface area contributed by atoms with Gasteiger partial charge in [0.15, 0.2) is 0 Å². The lowest BCUT2D eigenvalue weighted by molar-refractivity contribution is -0.146. The van der Waals surface area contributed by atoms with Gasteiger partial charge in [0, 0.05) is 0 Å². The summed E-state index contributed by atoms with van der Waals surface area (Å²) in [5.74, 6) is -0.631. The number of ether oxygens (including phenoxy) is 2. The summed E-state index contributed by atoms with van der Waals surface area (Å²) in [4.78, 5) is 37.7. The minimum atomic E-state index is -0.842. The van der Waals surface area contributed by atoms with Crippen LogP contribution in [0.15, 0.2) is 64.4 Å². The van der Waals surface area contributed by atoms with E-state index in [0.29, 0.717) is 18.6 Å². The van der Waals surface area contributed by atoms with Gasteiger partial charge in [0.1, 0.15) is 18.4 Å². The Hall–Kier alpha value is -3.55. The van der Waals surface area contributed by atoms with E-state index in [9.17, 15) is 14.4 Å². The molecule has 0 saturated heterocycles. The van der Waals surface area contributed by atoms with E-state index in [0.717, 1.165) is 5.56 Å². The van der Waals surface area contributed by atoms with Gasteiger partial charge in [-0.3, -0.25) is 4.79 Å². The molecule has 0 unspecified atom stereocenters. The Bertz CT molecular complexity index is 976. The van der Waals surface area contributed by atoms with Crippen molar-refractivity contribution in [2.45, 2.75) is 31.2 Å². The lowest BCUT2D eigenvalue weighted by Crippen LogP contribution is -2.47. The zero-order valence-electron chi connectivity index (χ0n) is 16.5. The van der Waals surface area contributed by atoms with Crippen molar-refractivity contribution in [1.29, 1.82) is 0 Å². The van der Waals surface area contributed by atoms with E-state index in [4.69, 9.17) is 13.9 Å². The average Bonchev–Trinajstić information content (AvgIpc) is 3.38. The molecule has 1 aliphatic heterocycles. The zero-order chi connectivity index (χ0) is 21.1.